The van der Waals surface area contributed by atoms with Crippen LogP contribution in [-0.2, 0) is 6.54 Å². The average Bonchev–Trinajstić information content (AvgIpc) is 3.25. The first-order chi connectivity index (χ1) is 15.2. The summed E-state index contributed by atoms with van der Waals surface area (Å²) in [5.74, 6) is 1.43. The van der Waals surface area contributed by atoms with E-state index in [9.17, 15) is 0 Å². The third kappa shape index (κ3) is 4.32. The summed E-state index contributed by atoms with van der Waals surface area (Å²) in [5, 5.41) is 14.7. The van der Waals surface area contributed by atoms with Crippen molar-refractivity contribution in [2.45, 2.75) is 6.54 Å². The molecular formula is C21H21N9O. The highest BCUT2D eigenvalue weighted by molar-refractivity contribution is 6.37. The fraction of sp³-hybridized carbons (Fsp3) is 0.143. The molecule has 4 rings (SSSR count). The van der Waals surface area contributed by atoms with Gasteiger partial charge >= 0.3 is 0 Å². The van der Waals surface area contributed by atoms with Crippen molar-refractivity contribution in [1.82, 2.24) is 29.8 Å². The van der Waals surface area contributed by atoms with Crippen LogP contribution in [0.2, 0.25) is 0 Å². The Kier molecular flexibility index (Phi) is 5.79. The minimum Gasteiger partial charge on any atom is -0.497 e. The molecule has 0 bridgehead atoms. The van der Waals surface area contributed by atoms with Crippen LogP contribution in [0.15, 0.2) is 60.4 Å². The molecule has 0 amide bonds. The Morgan fingerprint density at radius 2 is 2.06 bits per heavy atom. The lowest BCUT2D eigenvalue weighted by molar-refractivity contribution is 0.414. The Bertz CT molecular complexity index is 1230. The van der Waals surface area contributed by atoms with Crippen LogP contribution in [0.4, 0.5) is 5.82 Å². The molecule has 3 N–H and O–H groups in total. The van der Waals surface area contributed by atoms with E-state index in [1.165, 1.54) is 12.5 Å². The monoisotopic (exact) mass is 415 g/mol. The van der Waals surface area contributed by atoms with E-state index in [2.05, 4.69) is 35.8 Å². The standard InChI is InChI=1S/C21H21N9O/c1-23-29-18(9-22)14-3-4-15(24-10-14)11-25-20-8-17(27-13-28-20)19-12-26-21-7-16(31-2)5-6-30(19)21/h3-10,12-13,22-23H,11H2,1-2H3,(H,25,27,28)/b22-9?,29-18+. The van der Waals surface area contributed by atoms with E-state index < -0.39 is 0 Å². The molecule has 0 radical (unpaired) electrons. The van der Waals surface area contributed by atoms with Crippen molar-refractivity contribution in [3.8, 4) is 17.1 Å². The van der Waals surface area contributed by atoms with Crippen molar-refractivity contribution in [3.05, 3.63) is 66.5 Å². The lowest BCUT2D eigenvalue weighted by atomic mass is 10.2. The van der Waals surface area contributed by atoms with Gasteiger partial charge in [0.15, 0.2) is 0 Å². The molecule has 31 heavy (non-hydrogen) atoms. The highest BCUT2D eigenvalue weighted by Gasteiger charge is 2.10. The van der Waals surface area contributed by atoms with Gasteiger partial charge in [-0.2, -0.15) is 5.10 Å². The quantitative estimate of drug-likeness (QED) is 0.298. The summed E-state index contributed by atoms with van der Waals surface area (Å²) >= 11 is 0. The first-order valence-electron chi connectivity index (χ1n) is 9.49. The number of methoxy groups -OCH3 is 1. The lowest BCUT2D eigenvalue weighted by Gasteiger charge is -2.08. The number of pyridine rings is 2. The summed E-state index contributed by atoms with van der Waals surface area (Å²) in [6, 6.07) is 9.37. The van der Waals surface area contributed by atoms with Gasteiger partial charge in [-0.25, -0.2) is 15.0 Å². The van der Waals surface area contributed by atoms with Crippen molar-refractivity contribution in [1.29, 1.82) is 5.41 Å². The van der Waals surface area contributed by atoms with Crippen molar-refractivity contribution >= 4 is 23.4 Å². The number of hydrogen-bond donors (Lipinski definition) is 3. The van der Waals surface area contributed by atoms with Crippen LogP contribution in [0.1, 0.15) is 11.3 Å². The van der Waals surface area contributed by atoms with Crippen molar-refractivity contribution in [2.24, 2.45) is 5.10 Å². The number of nitrogens with one attached hydrogen (secondary N) is 3. The second-order valence-electron chi connectivity index (χ2n) is 6.48. The number of imidazole rings is 1. The van der Waals surface area contributed by atoms with Crippen LogP contribution in [0.25, 0.3) is 17.0 Å². The second kappa shape index (κ2) is 8.99. The summed E-state index contributed by atoms with van der Waals surface area (Å²) in [4.78, 5) is 17.5. The van der Waals surface area contributed by atoms with Crippen LogP contribution >= 0.6 is 0 Å². The SMILES string of the molecule is CN/N=C(\C=N)c1ccc(CNc2cc(-c3cnc4cc(OC)ccn34)ncn2)nc1. The first-order valence-corrected chi connectivity index (χ1v) is 9.49. The fourth-order valence-electron chi connectivity index (χ4n) is 3.03. The molecule has 0 unspecified atom stereocenters. The van der Waals surface area contributed by atoms with Gasteiger partial charge in [0.1, 0.15) is 29.3 Å². The Hall–Kier alpha value is -4.34. The lowest BCUT2D eigenvalue weighted by Crippen LogP contribution is -2.09. The molecule has 0 atom stereocenters. The summed E-state index contributed by atoms with van der Waals surface area (Å²) in [6.07, 6.45) is 8.06. The molecule has 0 fully saturated rings. The number of aromatic nitrogens is 5. The Balaban J connectivity index is 1.49. The topological polar surface area (TPSA) is 125 Å². The van der Waals surface area contributed by atoms with Crippen LogP contribution in [0.5, 0.6) is 5.75 Å². The van der Waals surface area contributed by atoms with Gasteiger partial charge in [0, 0.05) is 43.4 Å². The van der Waals surface area contributed by atoms with Crippen LogP contribution in [0.3, 0.4) is 0 Å². The number of ether oxygens (including phenoxy) is 1. The average molecular weight is 415 g/mol. The van der Waals surface area contributed by atoms with Gasteiger partial charge < -0.3 is 20.9 Å². The number of fused-ring (bicyclic) bond motifs is 1. The zero-order valence-electron chi connectivity index (χ0n) is 17.1. The Morgan fingerprint density at radius 1 is 1.16 bits per heavy atom. The third-order valence-electron chi connectivity index (χ3n) is 4.59. The molecule has 4 heterocycles. The minimum atomic E-state index is 0.490. The number of nitrogens with zero attached hydrogens (tertiary/aromatic N) is 6. The van der Waals surface area contributed by atoms with E-state index in [1.54, 1.807) is 26.6 Å². The molecule has 10 heteroatoms. The van der Waals surface area contributed by atoms with E-state index in [1.807, 2.05) is 40.9 Å². The third-order valence-corrected chi connectivity index (χ3v) is 4.59. The predicted octanol–water partition coefficient (Wildman–Crippen LogP) is 2.38. The van der Waals surface area contributed by atoms with Gasteiger partial charge in [0.05, 0.1) is 36.9 Å². The molecule has 0 aromatic carbocycles. The zero-order chi connectivity index (χ0) is 21.6. The summed E-state index contributed by atoms with van der Waals surface area (Å²) < 4.78 is 7.20. The molecule has 156 valence electrons. The largest absolute Gasteiger partial charge is 0.497 e. The number of hydrazone groups is 1. The van der Waals surface area contributed by atoms with Crippen molar-refractivity contribution < 1.29 is 4.74 Å². The number of hydrogen-bond acceptors (Lipinski definition) is 9. The molecule has 4 aromatic rings. The van der Waals surface area contributed by atoms with Gasteiger partial charge in [-0.05, 0) is 18.2 Å². The van der Waals surface area contributed by atoms with E-state index >= 15 is 0 Å². The molecule has 10 nitrogen and oxygen atoms in total. The maximum Gasteiger partial charge on any atom is 0.140 e. The number of rotatable bonds is 8. The zero-order valence-corrected chi connectivity index (χ0v) is 17.1. The highest BCUT2D eigenvalue weighted by Crippen LogP contribution is 2.23. The van der Waals surface area contributed by atoms with Gasteiger partial charge in [-0.3, -0.25) is 9.38 Å². The van der Waals surface area contributed by atoms with Gasteiger partial charge in [-0.15, -0.1) is 0 Å². The van der Waals surface area contributed by atoms with Gasteiger partial charge in [0.2, 0.25) is 0 Å². The second-order valence-corrected chi connectivity index (χ2v) is 6.48. The molecule has 4 aromatic heterocycles. The maximum absolute atomic E-state index is 7.44. The van der Waals surface area contributed by atoms with Gasteiger partial charge in [-0.1, -0.05) is 0 Å². The van der Waals surface area contributed by atoms with E-state index in [4.69, 9.17) is 10.1 Å². The highest BCUT2D eigenvalue weighted by atomic mass is 16.5. The van der Waals surface area contributed by atoms with Gasteiger partial charge in [0.25, 0.3) is 0 Å². The maximum atomic E-state index is 7.44. The summed E-state index contributed by atoms with van der Waals surface area (Å²) in [7, 11) is 3.32. The Morgan fingerprint density at radius 3 is 2.81 bits per heavy atom. The van der Waals surface area contributed by atoms with E-state index in [0.717, 1.165) is 34.0 Å². The van der Waals surface area contributed by atoms with Crippen molar-refractivity contribution in [2.75, 3.05) is 19.5 Å². The number of anilines is 1. The molecule has 0 aliphatic carbocycles. The normalized spacial score (nSPS) is 11.4. The molecular weight excluding hydrogens is 394 g/mol. The van der Waals surface area contributed by atoms with E-state index in [-0.39, 0.29) is 0 Å². The first kappa shape index (κ1) is 20.0. The van der Waals surface area contributed by atoms with Crippen LogP contribution in [0, 0.1) is 5.41 Å². The van der Waals surface area contributed by atoms with E-state index in [0.29, 0.717) is 18.1 Å². The van der Waals surface area contributed by atoms with Crippen molar-refractivity contribution in [3.63, 3.8) is 0 Å². The summed E-state index contributed by atoms with van der Waals surface area (Å²) in [6.45, 7) is 0.490. The fourth-order valence-corrected chi connectivity index (χ4v) is 3.03. The van der Waals surface area contributed by atoms with Crippen LogP contribution < -0.4 is 15.5 Å². The predicted molar refractivity (Wildman–Crippen MR) is 119 cm³/mol. The Labute approximate surface area is 178 Å². The molecule has 0 aliphatic rings. The molecule has 0 saturated carbocycles. The molecule has 0 saturated heterocycles. The molecule has 0 spiro atoms. The van der Waals surface area contributed by atoms with Crippen LogP contribution in [-0.4, -0.2) is 50.4 Å². The summed E-state index contributed by atoms with van der Waals surface area (Å²) in [5.41, 5.74) is 7.17. The minimum absolute atomic E-state index is 0.490. The molecule has 0 aliphatic heterocycles. The smallest absolute Gasteiger partial charge is 0.140 e.